The Morgan fingerprint density at radius 3 is 2.87 bits per heavy atom. The number of hydrogen-bond donors (Lipinski definition) is 1. The normalized spacial score (nSPS) is 33.9. The predicted molar refractivity (Wildman–Crippen MR) is 55.7 cm³/mol. The molecule has 1 N–H and O–H groups in total. The molecule has 2 aliphatic carbocycles. The van der Waals surface area contributed by atoms with Crippen molar-refractivity contribution in [3.8, 4) is 0 Å². The van der Waals surface area contributed by atoms with Gasteiger partial charge >= 0.3 is 5.51 Å². The smallest absolute Gasteiger partial charge is 0.313 e. The van der Waals surface area contributed by atoms with Gasteiger partial charge < -0.3 is 5.32 Å². The number of rotatable bonds is 4. The highest BCUT2D eigenvalue weighted by atomic mass is 32.2. The van der Waals surface area contributed by atoms with E-state index in [2.05, 4.69) is 17.5 Å². The fourth-order valence-corrected chi connectivity index (χ4v) is 2.81. The number of fused-ring (bicyclic) bond motifs is 1. The minimum atomic E-state index is -4.09. The van der Waals surface area contributed by atoms with Crippen LogP contribution in [0.3, 0.4) is 0 Å². The summed E-state index contributed by atoms with van der Waals surface area (Å²) in [5, 5.41) is 3.19. The predicted octanol–water partition coefficient (Wildman–Crippen LogP) is 2.79. The second kappa shape index (κ2) is 4.37. The summed E-state index contributed by atoms with van der Waals surface area (Å²) in [6, 6.07) is 0.419. The molecule has 1 fully saturated rings. The number of hydrogen-bond acceptors (Lipinski definition) is 2. The van der Waals surface area contributed by atoms with Crippen molar-refractivity contribution in [1.82, 2.24) is 5.32 Å². The van der Waals surface area contributed by atoms with Crippen molar-refractivity contribution in [3.05, 3.63) is 12.2 Å². The first-order valence-electron chi connectivity index (χ1n) is 5.17. The summed E-state index contributed by atoms with van der Waals surface area (Å²) < 4.78 is 35.4. The molecule has 0 amide bonds. The Balaban J connectivity index is 1.58. The topological polar surface area (TPSA) is 12.0 Å². The second-order valence-electron chi connectivity index (χ2n) is 4.09. The molecular weight excluding hydrogens is 223 g/mol. The molecule has 15 heavy (non-hydrogen) atoms. The molecule has 86 valence electrons. The lowest BCUT2D eigenvalue weighted by Gasteiger charge is -2.40. The van der Waals surface area contributed by atoms with Gasteiger partial charge in [0.2, 0.25) is 0 Å². The fourth-order valence-electron chi connectivity index (χ4n) is 2.36. The van der Waals surface area contributed by atoms with Gasteiger partial charge in [0.1, 0.15) is 0 Å². The lowest BCUT2D eigenvalue weighted by molar-refractivity contribution is -0.0327. The van der Waals surface area contributed by atoms with Gasteiger partial charge in [0, 0.05) is 18.3 Å². The molecule has 0 aromatic heterocycles. The number of alkyl halides is 3. The van der Waals surface area contributed by atoms with Crippen LogP contribution in [0.25, 0.3) is 0 Å². The van der Waals surface area contributed by atoms with Crippen LogP contribution in [0.15, 0.2) is 12.2 Å². The first-order valence-corrected chi connectivity index (χ1v) is 6.15. The van der Waals surface area contributed by atoms with E-state index >= 15 is 0 Å². The van der Waals surface area contributed by atoms with Crippen molar-refractivity contribution in [3.63, 3.8) is 0 Å². The quantitative estimate of drug-likeness (QED) is 0.596. The standard InChI is InChI=1S/C10H14F3NS/c11-10(12,13)15-5-4-14-9-6-7-2-1-3-8(7)9/h1,3,7-9,14H,2,4-6H2. The van der Waals surface area contributed by atoms with Crippen molar-refractivity contribution in [1.29, 1.82) is 0 Å². The van der Waals surface area contributed by atoms with Crippen LogP contribution in [-0.2, 0) is 0 Å². The Kier molecular flexibility index (Phi) is 3.30. The third kappa shape index (κ3) is 2.91. The molecule has 0 aromatic rings. The fraction of sp³-hybridized carbons (Fsp3) is 0.800. The van der Waals surface area contributed by atoms with Crippen LogP contribution in [0, 0.1) is 11.8 Å². The highest BCUT2D eigenvalue weighted by molar-refractivity contribution is 8.00. The van der Waals surface area contributed by atoms with E-state index < -0.39 is 5.51 Å². The van der Waals surface area contributed by atoms with Crippen LogP contribution in [-0.4, -0.2) is 23.8 Å². The minimum Gasteiger partial charge on any atom is -0.313 e. The van der Waals surface area contributed by atoms with Crippen LogP contribution in [0.4, 0.5) is 13.2 Å². The molecular formula is C10H14F3NS. The summed E-state index contributed by atoms with van der Waals surface area (Å²) >= 11 is 0.0549. The van der Waals surface area contributed by atoms with Gasteiger partial charge in [0.05, 0.1) is 0 Å². The largest absolute Gasteiger partial charge is 0.441 e. The highest BCUT2D eigenvalue weighted by Gasteiger charge is 2.40. The van der Waals surface area contributed by atoms with E-state index in [0.717, 1.165) is 18.8 Å². The van der Waals surface area contributed by atoms with Gasteiger partial charge in [-0.15, -0.1) is 0 Å². The van der Waals surface area contributed by atoms with Crippen molar-refractivity contribution >= 4 is 11.8 Å². The molecule has 0 radical (unpaired) electrons. The van der Waals surface area contributed by atoms with E-state index in [9.17, 15) is 13.2 Å². The Labute approximate surface area is 91.5 Å². The first-order chi connectivity index (χ1) is 7.06. The summed E-state index contributed by atoms with van der Waals surface area (Å²) in [5.41, 5.74) is -4.09. The minimum absolute atomic E-state index is 0.0549. The lowest BCUT2D eigenvalue weighted by atomic mass is 9.71. The van der Waals surface area contributed by atoms with E-state index in [1.54, 1.807) is 0 Å². The van der Waals surface area contributed by atoms with E-state index in [1.807, 2.05) is 0 Å². The zero-order chi connectivity index (χ0) is 10.9. The third-order valence-corrected chi connectivity index (χ3v) is 3.87. The van der Waals surface area contributed by atoms with Crippen molar-refractivity contribution < 1.29 is 13.2 Å². The SMILES string of the molecule is FC(F)(F)SCCNC1CC2CC=CC21. The molecule has 0 heterocycles. The molecule has 3 atom stereocenters. The zero-order valence-corrected chi connectivity index (χ0v) is 9.07. The summed E-state index contributed by atoms with van der Waals surface area (Å²) in [6.07, 6.45) is 6.65. The van der Waals surface area contributed by atoms with E-state index in [1.165, 1.54) is 0 Å². The molecule has 1 nitrogen and oxygen atoms in total. The molecule has 5 heteroatoms. The zero-order valence-electron chi connectivity index (χ0n) is 8.26. The van der Waals surface area contributed by atoms with Gasteiger partial charge in [0.15, 0.2) is 0 Å². The van der Waals surface area contributed by atoms with Gasteiger partial charge in [-0.2, -0.15) is 13.2 Å². The van der Waals surface area contributed by atoms with Gasteiger partial charge in [-0.25, -0.2) is 0 Å². The summed E-state index contributed by atoms with van der Waals surface area (Å²) in [4.78, 5) is 0. The van der Waals surface area contributed by atoms with E-state index in [4.69, 9.17) is 0 Å². The molecule has 0 spiro atoms. The monoisotopic (exact) mass is 237 g/mol. The number of halogens is 3. The third-order valence-electron chi connectivity index (χ3n) is 3.14. The summed E-state index contributed by atoms with van der Waals surface area (Å²) in [7, 11) is 0. The maximum atomic E-state index is 11.8. The molecule has 3 unspecified atom stereocenters. The Bertz CT molecular complexity index is 252. The molecule has 2 aliphatic rings. The van der Waals surface area contributed by atoms with Crippen molar-refractivity contribution in [2.45, 2.75) is 24.4 Å². The summed E-state index contributed by atoms with van der Waals surface area (Å²) in [6.45, 7) is 0.450. The van der Waals surface area contributed by atoms with Crippen molar-refractivity contribution in [2.75, 3.05) is 12.3 Å². The molecule has 0 aliphatic heterocycles. The molecule has 0 aromatic carbocycles. The Morgan fingerprint density at radius 1 is 1.40 bits per heavy atom. The van der Waals surface area contributed by atoms with Gasteiger partial charge in [-0.3, -0.25) is 0 Å². The van der Waals surface area contributed by atoms with Crippen LogP contribution in [0.5, 0.6) is 0 Å². The van der Waals surface area contributed by atoms with Gasteiger partial charge in [0.25, 0.3) is 0 Å². The van der Waals surface area contributed by atoms with Crippen LogP contribution in [0.2, 0.25) is 0 Å². The van der Waals surface area contributed by atoms with E-state index in [-0.39, 0.29) is 17.5 Å². The van der Waals surface area contributed by atoms with E-state index in [0.29, 0.717) is 18.5 Å². The first kappa shape index (κ1) is 11.3. The average Bonchev–Trinajstić information content (AvgIpc) is 2.45. The molecule has 0 saturated heterocycles. The maximum absolute atomic E-state index is 11.8. The van der Waals surface area contributed by atoms with Gasteiger partial charge in [-0.1, -0.05) is 12.2 Å². The number of nitrogens with one attached hydrogen (secondary N) is 1. The van der Waals surface area contributed by atoms with Crippen molar-refractivity contribution in [2.24, 2.45) is 11.8 Å². The molecule has 1 saturated carbocycles. The molecule has 2 rings (SSSR count). The lowest BCUT2D eigenvalue weighted by Crippen LogP contribution is -2.48. The van der Waals surface area contributed by atoms with Gasteiger partial charge in [-0.05, 0) is 36.4 Å². The summed E-state index contributed by atoms with van der Waals surface area (Å²) in [5.74, 6) is 1.46. The maximum Gasteiger partial charge on any atom is 0.441 e. The van der Waals surface area contributed by atoms with Crippen LogP contribution < -0.4 is 5.32 Å². The highest BCUT2D eigenvalue weighted by Crippen LogP contribution is 2.42. The van der Waals surface area contributed by atoms with Crippen LogP contribution >= 0.6 is 11.8 Å². The second-order valence-corrected chi connectivity index (χ2v) is 5.25. The molecule has 0 bridgehead atoms. The average molecular weight is 237 g/mol. The Hall–Kier alpha value is -0.160. The Morgan fingerprint density at radius 2 is 2.20 bits per heavy atom. The number of allylic oxidation sites excluding steroid dienone is 1. The number of thioether (sulfide) groups is 1. The van der Waals surface area contributed by atoms with Crippen LogP contribution in [0.1, 0.15) is 12.8 Å².